The summed E-state index contributed by atoms with van der Waals surface area (Å²) >= 11 is 3.20. The summed E-state index contributed by atoms with van der Waals surface area (Å²) in [5.41, 5.74) is 4.79. The molecule has 3 rings (SSSR count). The zero-order valence-electron chi connectivity index (χ0n) is 9.62. The molecule has 0 aliphatic carbocycles. The number of anilines is 2. The number of pyridine rings is 1. The summed E-state index contributed by atoms with van der Waals surface area (Å²) in [7, 11) is 0. The van der Waals surface area contributed by atoms with E-state index < -0.39 is 0 Å². The first-order valence-electron chi connectivity index (χ1n) is 5.36. The van der Waals surface area contributed by atoms with Gasteiger partial charge in [-0.1, -0.05) is 0 Å². The molecule has 6 heteroatoms. The highest BCUT2D eigenvalue weighted by Crippen LogP contribution is 2.31. The second-order valence-electron chi connectivity index (χ2n) is 3.67. The fourth-order valence-electron chi connectivity index (χ4n) is 1.54. The Balaban J connectivity index is 1.84. The van der Waals surface area contributed by atoms with Crippen LogP contribution in [0.4, 0.5) is 10.8 Å². The van der Waals surface area contributed by atoms with Gasteiger partial charge in [0.25, 0.3) is 0 Å². The minimum atomic E-state index is 0.866. The Bertz CT molecular complexity index is 645. The number of aromatic nitrogens is 3. The fraction of sp³-hybridized carbons (Fsp3) is 0.0833. The molecule has 0 saturated carbocycles. The Kier molecular flexibility index (Phi) is 3.04. The van der Waals surface area contributed by atoms with E-state index in [1.54, 1.807) is 35.1 Å². The van der Waals surface area contributed by atoms with Crippen molar-refractivity contribution >= 4 is 33.5 Å². The van der Waals surface area contributed by atoms with Crippen LogP contribution in [0.5, 0.6) is 0 Å². The molecule has 0 radical (unpaired) electrons. The largest absolute Gasteiger partial charge is 0.330 e. The first-order valence-corrected chi connectivity index (χ1v) is 7.12. The van der Waals surface area contributed by atoms with Gasteiger partial charge in [-0.2, -0.15) is 0 Å². The van der Waals surface area contributed by atoms with Gasteiger partial charge < -0.3 is 5.32 Å². The van der Waals surface area contributed by atoms with Crippen LogP contribution in [0.3, 0.4) is 0 Å². The molecule has 90 valence electrons. The van der Waals surface area contributed by atoms with Crippen LogP contribution in [0.25, 0.3) is 10.6 Å². The van der Waals surface area contributed by atoms with Crippen molar-refractivity contribution in [1.29, 1.82) is 0 Å². The quantitative estimate of drug-likeness (QED) is 0.791. The van der Waals surface area contributed by atoms with E-state index in [0.717, 1.165) is 27.1 Å². The van der Waals surface area contributed by atoms with Crippen molar-refractivity contribution < 1.29 is 0 Å². The summed E-state index contributed by atoms with van der Waals surface area (Å²) in [6, 6.07) is 3.86. The van der Waals surface area contributed by atoms with Gasteiger partial charge in [0, 0.05) is 11.6 Å². The van der Waals surface area contributed by atoms with E-state index in [4.69, 9.17) is 0 Å². The van der Waals surface area contributed by atoms with Gasteiger partial charge in [-0.15, -0.1) is 22.7 Å². The first kappa shape index (κ1) is 11.3. The molecule has 0 saturated heterocycles. The third-order valence-corrected chi connectivity index (χ3v) is 4.10. The molecule has 0 aliphatic heterocycles. The predicted octanol–water partition coefficient (Wildman–Crippen LogP) is 3.71. The SMILES string of the molecule is Cc1ncsc1-c1csc(Nc2cccnc2)n1. The molecule has 0 unspecified atom stereocenters. The molecule has 0 amide bonds. The molecule has 0 atom stereocenters. The van der Waals surface area contributed by atoms with E-state index in [2.05, 4.69) is 20.3 Å². The maximum atomic E-state index is 4.56. The van der Waals surface area contributed by atoms with Crippen LogP contribution in [0.1, 0.15) is 5.69 Å². The molecule has 3 heterocycles. The number of nitrogens with one attached hydrogen (secondary N) is 1. The minimum absolute atomic E-state index is 0.866. The summed E-state index contributed by atoms with van der Waals surface area (Å²) < 4.78 is 0. The van der Waals surface area contributed by atoms with Crippen LogP contribution in [-0.2, 0) is 0 Å². The zero-order valence-corrected chi connectivity index (χ0v) is 11.3. The van der Waals surface area contributed by atoms with E-state index in [0.29, 0.717) is 0 Å². The highest BCUT2D eigenvalue weighted by Gasteiger charge is 2.09. The molecule has 3 aromatic rings. The summed E-state index contributed by atoms with van der Waals surface area (Å²) in [6.45, 7) is 2.00. The topological polar surface area (TPSA) is 50.7 Å². The van der Waals surface area contributed by atoms with Crippen molar-refractivity contribution in [3.8, 4) is 10.6 Å². The number of nitrogens with zero attached hydrogens (tertiary/aromatic N) is 3. The lowest BCUT2D eigenvalue weighted by Gasteiger charge is -1.99. The standard InChI is InChI=1S/C12H10N4S2/c1-8-11(18-7-14-8)10-6-17-12(16-10)15-9-3-2-4-13-5-9/h2-7H,1H3,(H,15,16). The number of hydrogen-bond donors (Lipinski definition) is 1. The predicted molar refractivity (Wildman–Crippen MR) is 75.5 cm³/mol. The van der Waals surface area contributed by atoms with Crippen LogP contribution in [0, 0.1) is 6.92 Å². The van der Waals surface area contributed by atoms with Crippen LogP contribution < -0.4 is 5.32 Å². The third-order valence-electron chi connectivity index (χ3n) is 2.40. The summed E-state index contributed by atoms with van der Waals surface area (Å²) in [4.78, 5) is 14.0. The van der Waals surface area contributed by atoms with Gasteiger partial charge >= 0.3 is 0 Å². The molecular weight excluding hydrogens is 264 g/mol. The maximum absolute atomic E-state index is 4.56. The van der Waals surface area contributed by atoms with Crippen LogP contribution in [0.15, 0.2) is 35.4 Å². The average molecular weight is 274 g/mol. The third kappa shape index (κ3) is 2.25. The van der Waals surface area contributed by atoms with E-state index in [1.807, 2.05) is 29.9 Å². The van der Waals surface area contributed by atoms with Crippen molar-refractivity contribution in [2.75, 3.05) is 5.32 Å². The smallest absolute Gasteiger partial charge is 0.187 e. The Morgan fingerprint density at radius 1 is 1.28 bits per heavy atom. The van der Waals surface area contributed by atoms with Gasteiger partial charge in [0.1, 0.15) is 0 Å². The molecule has 18 heavy (non-hydrogen) atoms. The number of rotatable bonds is 3. The normalized spacial score (nSPS) is 10.5. The van der Waals surface area contributed by atoms with Crippen LogP contribution in [-0.4, -0.2) is 15.0 Å². The lowest BCUT2D eigenvalue weighted by molar-refractivity contribution is 1.26. The van der Waals surface area contributed by atoms with Crippen molar-refractivity contribution in [2.24, 2.45) is 0 Å². The van der Waals surface area contributed by atoms with Crippen LogP contribution >= 0.6 is 22.7 Å². The fourth-order valence-corrected chi connectivity index (χ4v) is 3.10. The van der Waals surface area contributed by atoms with Gasteiger partial charge in [-0.3, -0.25) is 4.98 Å². The molecule has 0 fully saturated rings. The highest BCUT2D eigenvalue weighted by molar-refractivity contribution is 7.15. The van der Waals surface area contributed by atoms with Crippen LogP contribution in [0.2, 0.25) is 0 Å². The molecule has 1 N–H and O–H groups in total. The average Bonchev–Trinajstić information content (AvgIpc) is 2.99. The lowest BCUT2D eigenvalue weighted by Crippen LogP contribution is -1.89. The summed E-state index contributed by atoms with van der Waals surface area (Å²) in [5, 5.41) is 6.14. The Morgan fingerprint density at radius 2 is 2.22 bits per heavy atom. The molecule has 3 aromatic heterocycles. The second-order valence-corrected chi connectivity index (χ2v) is 5.38. The van der Waals surface area contributed by atoms with Crippen molar-refractivity contribution in [1.82, 2.24) is 15.0 Å². The van der Waals surface area contributed by atoms with Gasteiger partial charge in [0.05, 0.1) is 33.7 Å². The van der Waals surface area contributed by atoms with Gasteiger partial charge in [-0.25, -0.2) is 9.97 Å². The van der Waals surface area contributed by atoms with E-state index in [1.165, 1.54) is 0 Å². The maximum Gasteiger partial charge on any atom is 0.187 e. The molecule has 0 bridgehead atoms. The van der Waals surface area contributed by atoms with Crippen molar-refractivity contribution in [2.45, 2.75) is 6.92 Å². The minimum Gasteiger partial charge on any atom is -0.330 e. The molecule has 0 aliphatic rings. The van der Waals surface area contributed by atoms with Gasteiger partial charge in [0.2, 0.25) is 0 Å². The first-order chi connectivity index (χ1) is 8.83. The van der Waals surface area contributed by atoms with E-state index >= 15 is 0 Å². The summed E-state index contributed by atoms with van der Waals surface area (Å²) in [6.07, 6.45) is 3.53. The van der Waals surface area contributed by atoms with E-state index in [9.17, 15) is 0 Å². The van der Waals surface area contributed by atoms with E-state index in [-0.39, 0.29) is 0 Å². The molecular formula is C12H10N4S2. The monoisotopic (exact) mass is 274 g/mol. The number of thiazole rings is 2. The number of hydrogen-bond acceptors (Lipinski definition) is 6. The Morgan fingerprint density at radius 3 is 2.94 bits per heavy atom. The Labute approximate surface area is 112 Å². The molecule has 0 aromatic carbocycles. The number of aryl methyl sites for hydroxylation is 1. The van der Waals surface area contributed by atoms with Gasteiger partial charge in [0.15, 0.2) is 5.13 Å². The summed E-state index contributed by atoms with van der Waals surface area (Å²) in [5.74, 6) is 0. The lowest BCUT2D eigenvalue weighted by atomic mass is 10.3. The molecule has 0 spiro atoms. The van der Waals surface area contributed by atoms with Gasteiger partial charge in [-0.05, 0) is 19.1 Å². The molecule has 4 nitrogen and oxygen atoms in total. The van der Waals surface area contributed by atoms with Crippen molar-refractivity contribution in [3.63, 3.8) is 0 Å². The highest BCUT2D eigenvalue weighted by atomic mass is 32.1. The van der Waals surface area contributed by atoms with Crippen molar-refractivity contribution in [3.05, 3.63) is 41.1 Å². The zero-order chi connectivity index (χ0) is 12.4. The second kappa shape index (κ2) is 4.83. The Hall–Kier alpha value is -1.79.